The van der Waals surface area contributed by atoms with Gasteiger partial charge >= 0.3 is 59.9 Å². The van der Waals surface area contributed by atoms with E-state index in [4.69, 9.17) is 49.4 Å². The molecule has 0 aromatic heterocycles. The molecule has 2 saturated heterocycles. The van der Waals surface area contributed by atoms with Crippen molar-refractivity contribution in [1.82, 2.24) is 26.6 Å². The second-order valence-electron chi connectivity index (χ2n) is 19.5. The zero-order chi connectivity index (χ0) is 74.5. The van der Waals surface area contributed by atoms with Crippen molar-refractivity contribution in [3.63, 3.8) is 0 Å². The lowest BCUT2D eigenvalue weighted by Crippen LogP contribution is -2.55. The van der Waals surface area contributed by atoms with Gasteiger partial charge in [-0.3, -0.25) is 43.2 Å². The van der Waals surface area contributed by atoms with Crippen LogP contribution in [-0.2, 0) is 127 Å². The van der Waals surface area contributed by atoms with Crippen LogP contribution < -0.4 is 37.4 Å². The number of cyclic esters (lactones) is 4. The van der Waals surface area contributed by atoms with Crippen molar-refractivity contribution >= 4 is 83.6 Å². The first-order valence-electron chi connectivity index (χ1n) is 29.6. The summed E-state index contributed by atoms with van der Waals surface area (Å²) in [6.07, 6.45) is -6.49. The highest BCUT2D eigenvalue weighted by Gasteiger charge is 2.36. The highest BCUT2D eigenvalue weighted by atomic mass is 19.3. The van der Waals surface area contributed by atoms with Crippen LogP contribution in [0.25, 0.3) is 20.9 Å². The summed E-state index contributed by atoms with van der Waals surface area (Å²) in [6, 6.07) is 31.4. The molecule has 2 aliphatic heterocycles. The first kappa shape index (κ1) is 86.0. The first-order chi connectivity index (χ1) is 47.8. The number of carbonyl (C=O) groups excluding carboxylic acids is 14. The van der Waals surface area contributed by atoms with Crippen LogP contribution in [0.3, 0.4) is 0 Å². The Hall–Kier alpha value is -12.0. The molecule has 2 heterocycles. The van der Waals surface area contributed by atoms with Gasteiger partial charge in [0.2, 0.25) is 17.7 Å². The number of carboxylic acid groups (broad SMARTS) is 1. The third-order valence-corrected chi connectivity index (χ3v) is 11.4. The largest absolute Gasteiger partial charge is 0.544 e. The summed E-state index contributed by atoms with van der Waals surface area (Å²) < 4.78 is 64.1. The minimum absolute atomic E-state index is 0.0292. The monoisotopic (exact) mass is 1410 g/mol. The second kappa shape index (κ2) is 52.2. The molecule has 540 valence electrons. The summed E-state index contributed by atoms with van der Waals surface area (Å²) in [7, 11) is 0. The van der Waals surface area contributed by atoms with Crippen LogP contribution in [0.2, 0.25) is 0 Å². The highest BCUT2D eigenvalue weighted by Crippen LogP contribution is 2.11. The van der Waals surface area contributed by atoms with Gasteiger partial charge in [0.05, 0.1) is 58.7 Å². The lowest BCUT2D eigenvalue weighted by molar-refractivity contribution is -0.374. The SMILES string of the molecule is CC(=O)N[C@H](CC(=O)OCc1ccccc1)C(=O)N[C@@H](CC(=O)OCc1ccccc1)C(=O)NCCOCCN=[N+]=[N-].CC(=O)OC(C)=O.O=C(C[C@@H]1NC(=O)OC1=O)OCc1ccccc1.O=C(C[C@H]1NC(=O)OC1=O)OCc1ccccc1.O=C([O-])C(F)F.[N-]=[N+]=NCCOCC[NH3+]. The molecular weight excluding hydrogens is 1330 g/mol. The molecule has 8 N–H and O–H groups in total. The molecule has 0 aliphatic carbocycles. The van der Waals surface area contributed by atoms with Crippen molar-refractivity contribution in [1.29, 1.82) is 0 Å². The number of quaternary nitrogens is 1. The molecule has 0 bridgehead atoms. The Morgan fingerprint density at radius 2 is 0.880 bits per heavy atom. The predicted molar refractivity (Wildman–Crippen MR) is 334 cm³/mol. The van der Waals surface area contributed by atoms with E-state index >= 15 is 0 Å². The summed E-state index contributed by atoms with van der Waals surface area (Å²) in [5.74, 6) is -9.78. The molecule has 0 spiro atoms. The van der Waals surface area contributed by atoms with Gasteiger partial charge in [0, 0.05) is 50.2 Å². The Morgan fingerprint density at radius 3 is 1.17 bits per heavy atom. The normalized spacial score (nSPS) is 13.3. The molecule has 6 rings (SSSR count). The zero-order valence-corrected chi connectivity index (χ0v) is 54.2. The summed E-state index contributed by atoms with van der Waals surface area (Å²) in [5.41, 5.74) is 22.8. The number of aliphatic carboxylic acids is 1. The number of hydrogen-bond donors (Lipinski definition) is 6. The number of ether oxygens (including phenoxy) is 9. The number of alkyl halides is 2. The van der Waals surface area contributed by atoms with E-state index in [2.05, 4.69) is 66.6 Å². The Bertz CT molecular complexity index is 3270. The lowest BCUT2D eigenvalue weighted by atomic mass is 10.1. The molecule has 0 saturated carbocycles. The first-order valence-corrected chi connectivity index (χ1v) is 29.6. The molecule has 100 heavy (non-hydrogen) atoms. The minimum atomic E-state index is -3.34. The fourth-order valence-corrected chi connectivity index (χ4v) is 7.02. The Morgan fingerprint density at radius 1 is 0.540 bits per heavy atom. The number of azide groups is 2. The van der Waals surface area contributed by atoms with Gasteiger partial charge in [-0.1, -0.05) is 132 Å². The maximum Gasteiger partial charge on any atom is 0.415 e. The predicted octanol–water partition coefficient (Wildman–Crippen LogP) is 1.85. The van der Waals surface area contributed by atoms with E-state index in [1.165, 1.54) is 20.8 Å². The van der Waals surface area contributed by atoms with Crippen LogP contribution in [-0.4, -0.2) is 167 Å². The maximum absolute atomic E-state index is 13.1. The van der Waals surface area contributed by atoms with Crippen LogP contribution in [0.5, 0.6) is 0 Å². The molecule has 4 aromatic rings. The number of benzene rings is 4. The third kappa shape index (κ3) is 43.9. The van der Waals surface area contributed by atoms with Gasteiger partial charge in [0.15, 0.2) is 0 Å². The van der Waals surface area contributed by atoms with Crippen molar-refractivity contribution in [3.8, 4) is 0 Å². The van der Waals surface area contributed by atoms with Gasteiger partial charge in [0.25, 0.3) is 6.43 Å². The number of esters is 8. The molecule has 0 unspecified atom stereocenters. The molecule has 2 aliphatic rings. The zero-order valence-electron chi connectivity index (χ0n) is 54.2. The van der Waals surface area contributed by atoms with Crippen molar-refractivity contribution in [2.24, 2.45) is 10.2 Å². The van der Waals surface area contributed by atoms with Crippen molar-refractivity contribution in [3.05, 3.63) is 164 Å². The molecular formula is C62H74F2N12O24. The average molecular weight is 1410 g/mol. The fourth-order valence-electron chi connectivity index (χ4n) is 7.02. The van der Waals surface area contributed by atoms with Crippen LogP contribution in [0.15, 0.2) is 132 Å². The van der Waals surface area contributed by atoms with E-state index in [9.17, 15) is 71.1 Å². The molecule has 4 atom stereocenters. The molecule has 38 heteroatoms. The molecule has 5 amide bonds. The second-order valence-corrected chi connectivity index (χ2v) is 19.5. The fraction of sp³-hybridized carbons (Fsp3) is 0.387. The van der Waals surface area contributed by atoms with E-state index in [0.717, 1.165) is 28.8 Å². The lowest BCUT2D eigenvalue weighted by Gasteiger charge is -2.22. The van der Waals surface area contributed by atoms with Crippen LogP contribution in [0.4, 0.5) is 18.4 Å². The van der Waals surface area contributed by atoms with Gasteiger partial charge in [-0.15, -0.1) is 0 Å². The van der Waals surface area contributed by atoms with Gasteiger partial charge in [-0.05, 0) is 33.3 Å². The number of nitrogens with zero attached hydrogens (tertiary/aromatic N) is 6. The topological polar surface area (TPSA) is 530 Å². The molecule has 2 fully saturated rings. The van der Waals surface area contributed by atoms with Gasteiger partial charge in [-0.2, -0.15) is 0 Å². The summed E-state index contributed by atoms with van der Waals surface area (Å²) >= 11 is 0. The van der Waals surface area contributed by atoms with Gasteiger partial charge in [0.1, 0.15) is 56.6 Å². The van der Waals surface area contributed by atoms with E-state index in [1.54, 1.807) is 48.5 Å². The number of alkyl carbamates (subject to hydrolysis) is 2. The van der Waals surface area contributed by atoms with E-state index in [1.807, 2.05) is 72.8 Å². The van der Waals surface area contributed by atoms with E-state index < -0.39 is 127 Å². The standard InChI is InChI=1S/C28H34N6O8.2C12H11NO5.C4H10N4O.C4H6O3.C2H2F2O2/c1-20(35)32-24(17-26(37)42-19-22-10-6-3-7-11-22)28(39)33-23(27(38)30-12-14-40-15-13-31-34-29)16-25(36)41-18-21-8-4-2-5-9-21;2*14-10(6-9-11(15)18-12(16)13-9)17-7-8-4-2-1-3-5-8;5-1-3-9-4-2-7-8-6;1-3(5)7-4(2)6;3-1(4)2(5)6/h2-11,23-24H,12-19H2,1H3,(H,30,38)(H,32,35)(H,33,39);2*1-5,9H,6-7H2,(H,13,16);1-5H2;1-2H3;1H,(H,5,6)/t23-,24+;2*9-;;;/m010.../s1. The van der Waals surface area contributed by atoms with Crippen molar-refractivity contribution in [2.45, 2.75) is 103 Å². The minimum Gasteiger partial charge on any atom is -0.544 e. The van der Waals surface area contributed by atoms with Gasteiger partial charge < -0.3 is 84.9 Å². The third-order valence-electron chi connectivity index (χ3n) is 11.4. The number of halogens is 2. The van der Waals surface area contributed by atoms with Gasteiger partial charge in [-0.25, -0.2) is 28.0 Å². The smallest absolute Gasteiger partial charge is 0.415 e. The van der Waals surface area contributed by atoms with E-state index in [-0.39, 0.29) is 65.6 Å². The quantitative estimate of drug-likeness (QED) is 0.00772. The summed E-state index contributed by atoms with van der Waals surface area (Å²) in [4.78, 5) is 163. The Balaban J connectivity index is 0.000000705. The number of nitrogens with one attached hydrogen (secondary N) is 5. The molecule has 0 radical (unpaired) electrons. The number of carbonyl (C=O) groups is 14. The number of carboxylic acids is 1. The number of hydrogen-bond acceptors (Lipinski definition) is 26. The molecule has 4 aromatic carbocycles. The van der Waals surface area contributed by atoms with Crippen LogP contribution in [0.1, 0.15) is 68.7 Å². The summed E-state index contributed by atoms with van der Waals surface area (Å²) in [6.45, 7) is 6.41. The highest BCUT2D eigenvalue weighted by molar-refractivity contribution is 5.98. The Labute approximate surface area is 568 Å². The Kier molecular flexibility index (Phi) is 44.9. The summed E-state index contributed by atoms with van der Waals surface area (Å²) in [5, 5.41) is 27.2. The number of amides is 5. The van der Waals surface area contributed by atoms with Crippen molar-refractivity contribution in [2.75, 3.05) is 52.6 Å². The number of rotatable bonds is 32. The average Bonchev–Trinajstić information content (AvgIpc) is 1.23. The maximum atomic E-state index is 13.1. The van der Waals surface area contributed by atoms with Crippen LogP contribution in [0, 0.1) is 0 Å². The molecule has 36 nitrogen and oxygen atoms in total. The van der Waals surface area contributed by atoms with Crippen LogP contribution >= 0.6 is 0 Å². The van der Waals surface area contributed by atoms with Crippen molar-refractivity contribution < 1.29 is 129 Å². The van der Waals surface area contributed by atoms with E-state index in [0.29, 0.717) is 19.8 Å².